The van der Waals surface area contributed by atoms with Crippen molar-refractivity contribution in [1.29, 1.82) is 0 Å². The molecule has 3 rings (SSSR count). The summed E-state index contributed by atoms with van der Waals surface area (Å²) in [6.45, 7) is 4.14. The van der Waals surface area contributed by atoms with Crippen LogP contribution in [-0.2, 0) is 23.2 Å². The fourth-order valence-electron chi connectivity index (χ4n) is 2.80. The fraction of sp³-hybridized carbons (Fsp3) is 0.211. The number of nitrogens with one attached hydrogen (secondary N) is 1. The highest BCUT2D eigenvalue weighted by Crippen LogP contribution is 2.33. The summed E-state index contributed by atoms with van der Waals surface area (Å²) in [6.07, 6.45) is 0. The normalized spacial score (nSPS) is 11.5. The fourth-order valence-corrected chi connectivity index (χ4v) is 3.83. The second-order valence-electron chi connectivity index (χ2n) is 5.93. The molecule has 0 bridgehead atoms. The van der Waals surface area contributed by atoms with Gasteiger partial charge in [-0.3, -0.25) is 9.40 Å². The van der Waals surface area contributed by atoms with Gasteiger partial charge in [0.05, 0.1) is 22.8 Å². The van der Waals surface area contributed by atoms with Gasteiger partial charge in [-0.25, -0.2) is 8.42 Å². The summed E-state index contributed by atoms with van der Waals surface area (Å²) in [4.78, 5) is 0.159. The Morgan fingerprint density at radius 3 is 2.31 bits per heavy atom. The Bertz CT molecular complexity index is 995. The molecule has 6 nitrogen and oxygen atoms in total. The number of rotatable bonds is 6. The number of anilines is 1. The van der Waals surface area contributed by atoms with Crippen LogP contribution in [0.5, 0.6) is 0 Å². The Hall–Kier alpha value is -2.64. The zero-order chi connectivity index (χ0) is 18.7. The van der Waals surface area contributed by atoms with Gasteiger partial charge in [0.1, 0.15) is 0 Å². The van der Waals surface area contributed by atoms with Gasteiger partial charge in [0.2, 0.25) is 0 Å². The zero-order valence-electron chi connectivity index (χ0n) is 14.7. The first kappa shape index (κ1) is 18.2. The molecule has 1 heterocycles. The van der Waals surface area contributed by atoms with Gasteiger partial charge in [0.25, 0.3) is 10.0 Å². The smallest absolute Gasteiger partial charge is 0.263 e. The van der Waals surface area contributed by atoms with Gasteiger partial charge < -0.3 is 5.11 Å². The molecule has 0 amide bonds. The van der Waals surface area contributed by atoms with Crippen LogP contribution < -0.4 is 4.72 Å². The first-order valence-corrected chi connectivity index (χ1v) is 9.80. The lowest BCUT2D eigenvalue weighted by atomic mass is 10.0. The Kier molecular flexibility index (Phi) is 5.11. The van der Waals surface area contributed by atoms with Crippen molar-refractivity contribution in [2.75, 3.05) is 4.72 Å². The van der Waals surface area contributed by atoms with Crippen molar-refractivity contribution in [3.8, 4) is 11.1 Å². The topological polar surface area (TPSA) is 84.2 Å². The van der Waals surface area contributed by atoms with Gasteiger partial charge in [0, 0.05) is 6.54 Å². The van der Waals surface area contributed by atoms with Crippen molar-refractivity contribution in [3.05, 3.63) is 65.9 Å². The maximum Gasteiger partial charge on any atom is 0.263 e. The number of benzene rings is 2. The molecule has 0 aliphatic heterocycles. The number of aryl methyl sites for hydroxylation is 2. The third-order valence-electron chi connectivity index (χ3n) is 4.13. The standard InChI is InChI=1S/C19H21N3O3S/c1-3-22-17(13-23)18(15-11-9-14(2)10-12-15)19(20-22)21-26(24,25)16-7-5-4-6-8-16/h4-12,23H,3,13H2,1-2H3,(H,20,21). The number of aromatic nitrogens is 2. The molecule has 136 valence electrons. The van der Waals surface area contributed by atoms with Crippen LogP contribution in [-0.4, -0.2) is 23.3 Å². The van der Waals surface area contributed by atoms with Gasteiger partial charge in [-0.15, -0.1) is 0 Å². The minimum absolute atomic E-state index is 0.159. The predicted octanol–water partition coefficient (Wildman–Crippen LogP) is 3.17. The average molecular weight is 371 g/mol. The molecular formula is C19H21N3O3S. The van der Waals surface area contributed by atoms with Crippen LogP contribution in [0, 0.1) is 6.92 Å². The van der Waals surface area contributed by atoms with E-state index in [4.69, 9.17) is 0 Å². The van der Waals surface area contributed by atoms with E-state index in [1.54, 1.807) is 22.9 Å². The van der Waals surface area contributed by atoms with Crippen molar-refractivity contribution in [3.63, 3.8) is 0 Å². The van der Waals surface area contributed by atoms with Gasteiger partial charge in [0.15, 0.2) is 5.82 Å². The van der Waals surface area contributed by atoms with E-state index in [0.717, 1.165) is 11.1 Å². The van der Waals surface area contributed by atoms with E-state index in [2.05, 4.69) is 9.82 Å². The van der Waals surface area contributed by atoms with Crippen LogP contribution in [0.15, 0.2) is 59.5 Å². The van der Waals surface area contributed by atoms with Crippen molar-refractivity contribution in [2.24, 2.45) is 0 Å². The van der Waals surface area contributed by atoms with Gasteiger partial charge in [-0.2, -0.15) is 5.10 Å². The number of hydrogen-bond donors (Lipinski definition) is 2. The average Bonchev–Trinajstić information content (AvgIpc) is 2.99. The van der Waals surface area contributed by atoms with Crippen LogP contribution in [0.2, 0.25) is 0 Å². The van der Waals surface area contributed by atoms with Crippen molar-refractivity contribution in [1.82, 2.24) is 9.78 Å². The molecule has 0 atom stereocenters. The maximum atomic E-state index is 12.7. The van der Waals surface area contributed by atoms with E-state index < -0.39 is 10.0 Å². The molecule has 0 aliphatic rings. The lowest BCUT2D eigenvalue weighted by Crippen LogP contribution is -2.14. The van der Waals surface area contributed by atoms with Crippen LogP contribution in [0.25, 0.3) is 11.1 Å². The summed E-state index contributed by atoms with van der Waals surface area (Å²) in [5.41, 5.74) is 3.05. The zero-order valence-corrected chi connectivity index (χ0v) is 15.5. The highest BCUT2D eigenvalue weighted by atomic mass is 32.2. The second kappa shape index (κ2) is 7.31. The molecule has 26 heavy (non-hydrogen) atoms. The minimum Gasteiger partial charge on any atom is -0.390 e. The first-order valence-electron chi connectivity index (χ1n) is 8.31. The van der Waals surface area contributed by atoms with E-state index in [-0.39, 0.29) is 17.3 Å². The summed E-state index contributed by atoms with van der Waals surface area (Å²) in [5.74, 6) is 0.212. The highest BCUT2D eigenvalue weighted by Gasteiger charge is 2.23. The Labute approximate surface area is 153 Å². The number of aliphatic hydroxyl groups excluding tert-OH is 1. The molecule has 7 heteroatoms. The quantitative estimate of drug-likeness (QED) is 0.697. The largest absolute Gasteiger partial charge is 0.390 e. The molecule has 2 aromatic carbocycles. The van der Waals surface area contributed by atoms with E-state index >= 15 is 0 Å². The monoisotopic (exact) mass is 371 g/mol. The lowest BCUT2D eigenvalue weighted by Gasteiger charge is -2.09. The predicted molar refractivity (Wildman–Crippen MR) is 101 cm³/mol. The summed E-state index contributed by atoms with van der Waals surface area (Å²) in [5, 5.41) is 14.2. The molecule has 0 saturated heterocycles. The van der Waals surface area contributed by atoms with Gasteiger partial charge >= 0.3 is 0 Å². The number of hydrogen-bond acceptors (Lipinski definition) is 4. The van der Waals surface area contributed by atoms with E-state index in [0.29, 0.717) is 17.8 Å². The second-order valence-corrected chi connectivity index (χ2v) is 7.61. The van der Waals surface area contributed by atoms with Crippen molar-refractivity contribution in [2.45, 2.75) is 31.9 Å². The van der Waals surface area contributed by atoms with Crippen LogP contribution >= 0.6 is 0 Å². The minimum atomic E-state index is -3.78. The molecule has 0 aliphatic carbocycles. The molecule has 0 saturated carbocycles. The number of nitrogens with zero attached hydrogens (tertiary/aromatic N) is 2. The summed E-state index contributed by atoms with van der Waals surface area (Å²) >= 11 is 0. The molecule has 2 N–H and O–H groups in total. The Balaban J connectivity index is 2.12. The van der Waals surface area contributed by atoms with E-state index in [1.165, 1.54) is 12.1 Å². The summed E-state index contributed by atoms with van der Waals surface area (Å²) in [7, 11) is -3.78. The van der Waals surface area contributed by atoms with Gasteiger partial charge in [-0.05, 0) is 31.5 Å². The molecule has 0 spiro atoms. The van der Waals surface area contributed by atoms with E-state index in [9.17, 15) is 13.5 Å². The first-order chi connectivity index (χ1) is 12.5. The van der Waals surface area contributed by atoms with Gasteiger partial charge in [-0.1, -0.05) is 48.0 Å². The third-order valence-corrected chi connectivity index (χ3v) is 5.49. The van der Waals surface area contributed by atoms with Crippen molar-refractivity contribution < 1.29 is 13.5 Å². The molecule has 1 aromatic heterocycles. The summed E-state index contributed by atoms with van der Waals surface area (Å²) < 4.78 is 29.6. The molecule has 0 fully saturated rings. The summed E-state index contributed by atoms with van der Waals surface area (Å²) in [6, 6.07) is 15.8. The number of aliphatic hydroxyl groups is 1. The molecule has 3 aromatic rings. The maximum absolute atomic E-state index is 12.7. The lowest BCUT2D eigenvalue weighted by molar-refractivity contribution is 0.269. The van der Waals surface area contributed by atoms with Crippen LogP contribution in [0.1, 0.15) is 18.2 Å². The van der Waals surface area contributed by atoms with E-state index in [1.807, 2.05) is 38.1 Å². The molecule has 0 radical (unpaired) electrons. The number of sulfonamides is 1. The van der Waals surface area contributed by atoms with Crippen molar-refractivity contribution >= 4 is 15.8 Å². The highest BCUT2D eigenvalue weighted by molar-refractivity contribution is 7.92. The SMILES string of the molecule is CCn1nc(NS(=O)(=O)c2ccccc2)c(-c2ccc(C)cc2)c1CO. The Morgan fingerprint density at radius 2 is 1.73 bits per heavy atom. The van der Waals surface area contributed by atoms with Crippen LogP contribution in [0.4, 0.5) is 5.82 Å². The molecular weight excluding hydrogens is 350 g/mol. The van der Waals surface area contributed by atoms with Crippen LogP contribution in [0.3, 0.4) is 0 Å². The third kappa shape index (κ3) is 3.49. The molecule has 0 unspecified atom stereocenters. The Morgan fingerprint density at radius 1 is 1.08 bits per heavy atom.